The fraction of sp³-hybridized carbons (Fsp3) is 1.00. The molecular weight excluding hydrogens is 196 g/mol. The van der Waals surface area contributed by atoms with Crippen molar-refractivity contribution in [2.75, 3.05) is 19.6 Å². The highest BCUT2D eigenvalue weighted by Gasteiger charge is 2.32. The predicted octanol–water partition coefficient (Wildman–Crippen LogP) is 2.54. The lowest BCUT2D eigenvalue weighted by atomic mass is 9.77. The Hall–Kier alpha value is -0.0800. The minimum absolute atomic E-state index is 0.494. The molecule has 1 heterocycles. The van der Waals surface area contributed by atoms with Crippen molar-refractivity contribution in [3.8, 4) is 0 Å². The second-order valence-electron chi connectivity index (χ2n) is 6.39. The zero-order valence-electron chi connectivity index (χ0n) is 11.0. The number of hydrogen-bond acceptors (Lipinski definition) is 2. The van der Waals surface area contributed by atoms with Gasteiger partial charge < -0.3 is 10.6 Å². The zero-order chi connectivity index (χ0) is 11.4. The summed E-state index contributed by atoms with van der Waals surface area (Å²) in [6.07, 6.45) is 8.52. The van der Waals surface area contributed by atoms with E-state index in [9.17, 15) is 0 Å². The minimum Gasteiger partial charge on any atom is -0.315 e. The molecule has 94 valence electrons. The van der Waals surface area contributed by atoms with Gasteiger partial charge in [-0.15, -0.1) is 0 Å². The van der Waals surface area contributed by atoms with Gasteiger partial charge in [-0.25, -0.2) is 0 Å². The van der Waals surface area contributed by atoms with Crippen molar-refractivity contribution < 1.29 is 0 Å². The first-order valence-electron chi connectivity index (χ1n) is 7.12. The molecule has 1 saturated carbocycles. The maximum Gasteiger partial charge on any atom is 0.0193 e. The van der Waals surface area contributed by atoms with Crippen LogP contribution in [0.1, 0.15) is 52.4 Å². The van der Waals surface area contributed by atoms with Gasteiger partial charge in [-0.3, -0.25) is 0 Å². The van der Waals surface area contributed by atoms with E-state index in [0.29, 0.717) is 5.41 Å². The van der Waals surface area contributed by atoms with Crippen LogP contribution in [0.15, 0.2) is 0 Å². The molecular formula is C14H28N2. The summed E-state index contributed by atoms with van der Waals surface area (Å²) in [5.41, 5.74) is 0.494. The lowest BCUT2D eigenvalue weighted by molar-refractivity contribution is 0.195. The molecule has 0 bridgehead atoms. The van der Waals surface area contributed by atoms with E-state index in [2.05, 4.69) is 24.5 Å². The van der Waals surface area contributed by atoms with Gasteiger partial charge in [0.25, 0.3) is 0 Å². The highest BCUT2D eigenvalue weighted by Crippen LogP contribution is 2.39. The molecule has 16 heavy (non-hydrogen) atoms. The molecule has 0 aromatic carbocycles. The van der Waals surface area contributed by atoms with Crippen LogP contribution in [0.25, 0.3) is 0 Å². The Morgan fingerprint density at radius 3 is 2.50 bits per heavy atom. The Bertz CT molecular complexity index is 201. The Balaban J connectivity index is 1.74. The van der Waals surface area contributed by atoms with Crippen LogP contribution in [0.2, 0.25) is 0 Å². The van der Waals surface area contributed by atoms with Gasteiger partial charge in [-0.1, -0.05) is 26.7 Å². The van der Waals surface area contributed by atoms with E-state index < -0.39 is 0 Å². The molecule has 2 rings (SSSR count). The van der Waals surface area contributed by atoms with E-state index in [-0.39, 0.29) is 0 Å². The van der Waals surface area contributed by atoms with Crippen LogP contribution < -0.4 is 10.6 Å². The van der Waals surface area contributed by atoms with Crippen molar-refractivity contribution in [3.63, 3.8) is 0 Å². The number of hydrogen-bond donors (Lipinski definition) is 2. The normalized spacial score (nSPS) is 28.5. The smallest absolute Gasteiger partial charge is 0.0193 e. The molecule has 0 aromatic rings. The molecule has 2 aliphatic rings. The highest BCUT2D eigenvalue weighted by atomic mass is 15.0. The molecule has 0 aromatic heterocycles. The Morgan fingerprint density at radius 1 is 1.12 bits per heavy atom. The first kappa shape index (κ1) is 12.4. The van der Waals surface area contributed by atoms with Gasteiger partial charge in [0.05, 0.1) is 0 Å². The van der Waals surface area contributed by atoms with Crippen LogP contribution >= 0.6 is 0 Å². The first-order valence-corrected chi connectivity index (χ1v) is 7.12. The number of rotatable bonds is 4. The maximum absolute atomic E-state index is 3.78. The topological polar surface area (TPSA) is 24.1 Å². The van der Waals surface area contributed by atoms with Crippen LogP contribution in [-0.4, -0.2) is 25.7 Å². The van der Waals surface area contributed by atoms with Crippen LogP contribution in [0.3, 0.4) is 0 Å². The maximum atomic E-state index is 3.78. The molecule has 2 N–H and O–H groups in total. The van der Waals surface area contributed by atoms with Crippen molar-refractivity contribution in [3.05, 3.63) is 0 Å². The van der Waals surface area contributed by atoms with Crippen LogP contribution in [0, 0.1) is 11.3 Å². The van der Waals surface area contributed by atoms with Gasteiger partial charge in [-0.2, -0.15) is 0 Å². The summed E-state index contributed by atoms with van der Waals surface area (Å²) in [5.74, 6) is 0.955. The third kappa shape index (κ3) is 3.21. The highest BCUT2D eigenvalue weighted by molar-refractivity contribution is 4.86. The quantitative estimate of drug-likeness (QED) is 0.767. The second kappa shape index (κ2) is 5.50. The average Bonchev–Trinajstić information content (AvgIpc) is 2.82. The summed E-state index contributed by atoms with van der Waals surface area (Å²) in [7, 11) is 0. The van der Waals surface area contributed by atoms with Crippen molar-refractivity contribution in [2.45, 2.75) is 58.4 Å². The predicted molar refractivity (Wildman–Crippen MR) is 69.6 cm³/mol. The van der Waals surface area contributed by atoms with Crippen molar-refractivity contribution in [1.29, 1.82) is 0 Å². The summed E-state index contributed by atoms with van der Waals surface area (Å²) < 4.78 is 0. The molecule has 2 nitrogen and oxygen atoms in total. The van der Waals surface area contributed by atoms with E-state index in [1.807, 2.05) is 0 Å². The van der Waals surface area contributed by atoms with E-state index in [4.69, 9.17) is 0 Å². The third-order valence-corrected chi connectivity index (χ3v) is 4.60. The molecule has 1 unspecified atom stereocenters. The molecule has 1 atom stereocenters. The lowest BCUT2D eigenvalue weighted by Crippen LogP contribution is -2.47. The van der Waals surface area contributed by atoms with E-state index in [0.717, 1.165) is 12.0 Å². The number of piperidine rings is 1. The van der Waals surface area contributed by atoms with Gasteiger partial charge in [0.2, 0.25) is 0 Å². The van der Waals surface area contributed by atoms with Gasteiger partial charge >= 0.3 is 0 Å². The molecule has 0 spiro atoms. The average molecular weight is 224 g/mol. The summed E-state index contributed by atoms with van der Waals surface area (Å²) in [6.45, 7) is 8.48. The fourth-order valence-electron chi connectivity index (χ4n) is 3.29. The zero-order valence-corrected chi connectivity index (χ0v) is 11.0. The second-order valence-corrected chi connectivity index (χ2v) is 6.39. The van der Waals surface area contributed by atoms with Crippen molar-refractivity contribution in [2.24, 2.45) is 11.3 Å². The van der Waals surface area contributed by atoms with Crippen LogP contribution in [0.4, 0.5) is 0 Å². The van der Waals surface area contributed by atoms with Gasteiger partial charge in [0, 0.05) is 19.1 Å². The van der Waals surface area contributed by atoms with Crippen LogP contribution in [0.5, 0.6) is 0 Å². The Kier molecular flexibility index (Phi) is 4.26. The first-order chi connectivity index (χ1) is 7.68. The van der Waals surface area contributed by atoms with E-state index in [1.165, 1.54) is 58.2 Å². The molecule has 2 fully saturated rings. The fourth-order valence-corrected chi connectivity index (χ4v) is 3.29. The van der Waals surface area contributed by atoms with Gasteiger partial charge in [0.1, 0.15) is 0 Å². The van der Waals surface area contributed by atoms with Gasteiger partial charge in [0.15, 0.2) is 0 Å². The molecule has 1 aliphatic heterocycles. The Labute approximate surface area is 101 Å². The summed E-state index contributed by atoms with van der Waals surface area (Å²) >= 11 is 0. The monoisotopic (exact) mass is 224 g/mol. The van der Waals surface area contributed by atoms with E-state index in [1.54, 1.807) is 0 Å². The number of nitrogens with one attached hydrogen (secondary N) is 2. The van der Waals surface area contributed by atoms with Crippen LogP contribution in [-0.2, 0) is 0 Å². The molecule has 0 amide bonds. The van der Waals surface area contributed by atoms with Crippen molar-refractivity contribution in [1.82, 2.24) is 10.6 Å². The SMILES string of the molecule is CC(C)(CNC1CCCNC1)C1CCCC1. The van der Waals surface area contributed by atoms with E-state index >= 15 is 0 Å². The summed E-state index contributed by atoms with van der Waals surface area (Å²) in [6, 6.07) is 0.717. The summed E-state index contributed by atoms with van der Waals surface area (Å²) in [5, 5.41) is 7.25. The third-order valence-electron chi connectivity index (χ3n) is 4.60. The molecule has 0 radical (unpaired) electrons. The molecule has 1 saturated heterocycles. The van der Waals surface area contributed by atoms with Gasteiger partial charge in [-0.05, 0) is 43.6 Å². The molecule has 1 aliphatic carbocycles. The summed E-state index contributed by atoms with van der Waals surface area (Å²) in [4.78, 5) is 0. The standard InChI is InChI=1S/C14H28N2/c1-14(2,12-6-3-4-7-12)11-16-13-8-5-9-15-10-13/h12-13,15-16H,3-11H2,1-2H3. The molecule has 2 heteroatoms. The Morgan fingerprint density at radius 2 is 1.88 bits per heavy atom. The lowest BCUT2D eigenvalue weighted by Gasteiger charge is -2.35. The largest absolute Gasteiger partial charge is 0.315 e. The van der Waals surface area contributed by atoms with Crippen molar-refractivity contribution >= 4 is 0 Å². The minimum atomic E-state index is 0.494.